The predicted octanol–water partition coefficient (Wildman–Crippen LogP) is 5.41. The second-order valence-corrected chi connectivity index (χ2v) is 12.8. The fourth-order valence-electron chi connectivity index (χ4n) is 3.64. The van der Waals surface area contributed by atoms with Crippen molar-refractivity contribution in [1.29, 1.82) is 0 Å². The second kappa shape index (κ2) is 11.2. The molecule has 0 atom stereocenters. The van der Waals surface area contributed by atoms with Crippen molar-refractivity contribution in [2.45, 2.75) is 7.92 Å². The number of hydrogen-bond donors (Lipinski definition) is 0. The van der Waals surface area contributed by atoms with Crippen molar-refractivity contribution >= 4 is 17.1 Å². The van der Waals surface area contributed by atoms with E-state index in [2.05, 4.69) is 130 Å². The van der Waals surface area contributed by atoms with Gasteiger partial charge in [-0.2, -0.15) is 0 Å². The Morgan fingerprint density at radius 3 is 0.968 bits per heavy atom. The molecule has 3 aromatic rings. The third-order valence-electron chi connectivity index (χ3n) is 5.15. The van der Waals surface area contributed by atoms with Crippen molar-refractivity contribution < 1.29 is 31.1 Å². The van der Waals surface area contributed by atoms with Crippen LogP contribution in [-0.2, 0) is 7.92 Å². The maximum atomic E-state index is 2.32. The van der Waals surface area contributed by atoms with Gasteiger partial charge in [-0.1, -0.05) is 0 Å². The van der Waals surface area contributed by atoms with Gasteiger partial charge >= 0.3 is 203 Å². The second-order valence-electron chi connectivity index (χ2n) is 8.28. The van der Waals surface area contributed by atoms with Crippen LogP contribution in [0.4, 0.5) is 17.1 Å². The average Bonchev–Trinajstić information content (AvgIpc) is 2.74. The first-order valence-corrected chi connectivity index (χ1v) is 14.3. The summed E-state index contributed by atoms with van der Waals surface area (Å²) >= 11 is -1.09. The van der Waals surface area contributed by atoms with Gasteiger partial charge in [0.1, 0.15) is 0 Å². The van der Waals surface area contributed by atoms with Crippen LogP contribution in [0.25, 0.3) is 0 Å². The SMILES string of the molecule is CN(C)c1ccccc1[CH2][Tm]([CH2]c1ccccc1N(C)C)[CH2]c1ccccc1N(C)C. The van der Waals surface area contributed by atoms with E-state index in [1.807, 2.05) is 0 Å². The molecule has 0 aliphatic heterocycles. The summed E-state index contributed by atoms with van der Waals surface area (Å²) in [7, 11) is 12.9. The Morgan fingerprint density at radius 1 is 0.452 bits per heavy atom. The fraction of sp³-hybridized carbons (Fsp3) is 0.333. The number of anilines is 3. The Kier molecular flexibility index (Phi) is 8.69. The van der Waals surface area contributed by atoms with Crippen LogP contribution in [0.3, 0.4) is 0 Å². The van der Waals surface area contributed by atoms with Gasteiger partial charge in [0, 0.05) is 0 Å². The maximum absolute atomic E-state index is 2.32. The number of para-hydroxylation sites is 3. The summed E-state index contributed by atoms with van der Waals surface area (Å²) in [5, 5.41) is 0. The molecule has 3 rings (SSSR count). The van der Waals surface area contributed by atoms with Crippen LogP contribution in [0.5, 0.6) is 0 Å². The van der Waals surface area contributed by atoms with Crippen LogP contribution >= 0.6 is 0 Å². The summed E-state index contributed by atoms with van der Waals surface area (Å²) in [6.45, 7) is 0. The number of hydrogen-bond acceptors (Lipinski definition) is 3. The van der Waals surface area contributed by atoms with Crippen LogP contribution in [0.15, 0.2) is 72.8 Å². The molecule has 0 unspecified atom stereocenters. The first-order chi connectivity index (χ1) is 14.9. The molecule has 0 radical (unpaired) electrons. The zero-order chi connectivity index (χ0) is 22.4. The Morgan fingerprint density at radius 2 is 0.710 bits per heavy atom. The van der Waals surface area contributed by atoms with E-state index < -0.39 is 31.1 Å². The first kappa shape index (κ1) is 23.9. The Bertz CT molecular complexity index is 854. The number of nitrogens with zero attached hydrogens (tertiary/aromatic N) is 3. The molecule has 0 saturated carbocycles. The summed E-state index contributed by atoms with van der Waals surface area (Å²) in [4.78, 5) is 6.75. The zero-order valence-corrected chi connectivity index (χ0v) is 21.4. The molecule has 172 valence electrons. The van der Waals surface area contributed by atoms with Gasteiger partial charge in [-0.3, -0.25) is 0 Å². The normalized spacial score (nSPS) is 11.2. The van der Waals surface area contributed by atoms with Crippen molar-refractivity contribution in [3.05, 3.63) is 89.5 Å². The van der Waals surface area contributed by atoms with Crippen molar-refractivity contribution in [3.63, 3.8) is 0 Å². The third kappa shape index (κ3) is 6.40. The molecule has 0 aliphatic carbocycles. The van der Waals surface area contributed by atoms with Crippen LogP contribution in [0, 0.1) is 31.1 Å². The molecule has 0 aromatic heterocycles. The summed E-state index contributed by atoms with van der Waals surface area (Å²) in [6, 6.07) is 26.7. The van der Waals surface area contributed by atoms with E-state index in [1.54, 1.807) is 0 Å². The standard InChI is InChI=1S/3C9H12N.Tm/c3*1-8-6-4-5-7-9(8)10(2)3;/h3*4-7H,1H2,2-3H3;. The summed E-state index contributed by atoms with van der Waals surface area (Å²) < 4.78 is 3.55. The van der Waals surface area contributed by atoms with Crippen LogP contribution in [-0.4, -0.2) is 42.3 Å². The monoisotopic (exact) mass is 571 g/mol. The van der Waals surface area contributed by atoms with Crippen molar-refractivity contribution in [2.75, 3.05) is 57.0 Å². The summed E-state index contributed by atoms with van der Waals surface area (Å²) in [5.41, 5.74) is 8.47. The van der Waals surface area contributed by atoms with Crippen molar-refractivity contribution in [1.82, 2.24) is 0 Å². The van der Waals surface area contributed by atoms with Gasteiger partial charge in [0.25, 0.3) is 0 Å². The van der Waals surface area contributed by atoms with E-state index in [4.69, 9.17) is 0 Å². The van der Waals surface area contributed by atoms with Crippen molar-refractivity contribution in [2.24, 2.45) is 0 Å². The summed E-state index contributed by atoms with van der Waals surface area (Å²) in [6.07, 6.45) is 0. The van der Waals surface area contributed by atoms with E-state index in [0.717, 1.165) is 0 Å². The van der Waals surface area contributed by atoms with E-state index in [1.165, 1.54) is 41.7 Å². The molecule has 0 amide bonds. The molecule has 0 fully saturated rings. The summed E-state index contributed by atoms with van der Waals surface area (Å²) in [5.74, 6) is 0. The molecule has 0 heterocycles. The van der Waals surface area contributed by atoms with E-state index in [0.29, 0.717) is 0 Å². The molecule has 3 nitrogen and oxygen atoms in total. The van der Waals surface area contributed by atoms with Gasteiger partial charge in [0.15, 0.2) is 0 Å². The van der Waals surface area contributed by atoms with Gasteiger partial charge in [-0.15, -0.1) is 0 Å². The molecule has 0 aliphatic rings. The molecule has 0 spiro atoms. The molecular formula is C27H36N3Tm. The van der Waals surface area contributed by atoms with Crippen LogP contribution in [0.1, 0.15) is 16.7 Å². The number of rotatable bonds is 9. The quantitative estimate of drug-likeness (QED) is 0.341. The molecular weight excluding hydrogens is 535 g/mol. The predicted molar refractivity (Wildman–Crippen MR) is 133 cm³/mol. The minimum absolute atomic E-state index is 1.09. The topological polar surface area (TPSA) is 9.72 Å². The molecule has 4 heteroatoms. The molecule has 0 saturated heterocycles. The minimum atomic E-state index is -1.09. The van der Waals surface area contributed by atoms with Crippen LogP contribution < -0.4 is 14.7 Å². The Hall–Kier alpha value is -1.71. The number of benzene rings is 3. The van der Waals surface area contributed by atoms with Crippen LogP contribution in [0.2, 0.25) is 0 Å². The van der Waals surface area contributed by atoms with E-state index in [-0.39, 0.29) is 0 Å². The molecule has 31 heavy (non-hydrogen) atoms. The van der Waals surface area contributed by atoms with Gasteiger partial charge in [0.05, 0.1) is 0 Å². The fourth-order valence-corrected chi connectivity index (χ4v) is 8.78. The Balaban J connectivity index is 1.97. The molecule has 3 aromatic carbocycles. The van der Waals surface area contributed by atoms with E-state index in [9.17, 15) is 0 Å². The van der Waals surface area contributed by atoms with E-state index >= 15 is 0 Å². The van der Waals surface area contributed by atoms with Gasteiger partial charge < -0.3 is 0 Å². The van der Waals surface area contributed by atoms with Gasteiger partial charge in [0.2, 0.25) is 0 Å². The van der Waals surface area contributed by atoms with Crippen molar-refractivity contribution in [3.8, 4) is 0 Å². The Labute approximate surface area is 201 Å². The average molecular weight is 572 g/mol. The zero-order valence-electron chi connectivity index (χ0n) is 19.7. The third-order valence-corrected chi connectivity index (χ3v) is 9.86. The molecule has 0 bridgehead atoms. The van der Waals surface area contributed by atoms with Gasteiger partial charge in [-0.05, 0) is 0 Å². The van der Waals surface area contributed by atoms with Gasteiger partial charge in [-0.25, -0.2) is 0 Å². The molecule has 0 N–H and O–H groups in total. The first-order valence-electron chi connectivity index (χ1n) is 10.5.